The topological polar surface area (TPSA) is 93.7 Å². The molecule has 23 heavy (non-hydrogen) atoms. The molecule has 3 aromatic rings. The second-order valence-electron chi connectivity index (χ2n) is 4.69. The summed E-state index contributed by atoms with van der Waals surface area (Å²) in [6, 6.07) is 15.7. The van der Waals surface area contributed by atoms with Crippen molar-refractivity contribution in [2.75, 3.05) is 0 Å². The molecule has 112 valence electrons. The van der Waals surface area contributed by atoms with Crippen LogP contribution in [0.4, 0.5) is 0 Å². The third kappa shape index (κ3) is 3.39. The van der Waals surface area contributed by atoms with E-state index in [0.29, 0.717) is 11.1 Å². The second-order valence-corrected chi connectivity index (χ2v) is 4.69. The summed E-state index contributed by atoms with van der Waals surface area (Å²) in [7, 11) is 0. The molecule has 0 radical (unpaired) electrons. The van der Waals surface area contributed by atoms with E-state index in [1.54, 1.807) is 48.5 Å². The van der Waals surface area contributed by atoms with Gasteiger partial charge >= 0.3 is 5.97 Å². The number of tetrazole rings is 1. The van der Waals surface area contributed by atoms with Gasteiger partial charge < -0.3 is 4.74 Å². The fraction of sp³-hybridized carbons (Fsp3) is 0.0625. The first-order valence-corrected chi connectivity index (χ1v) is 6.76. The van der Waals surface area contributed by atoms with Crippen molar-refractivity contribution in [3.05, 3.63) is 71.5 Å². The molecule has 0 bridgehead atoms. The van der Waals surface area contributed by atoms with E-state index < -0.39 is 5.97 Å². The van der Waals surface area contributed by atoms with E-state index in [0.717, 1.165) is 11.3 Å². The highest BCUT2D eigenvalue weighted by atomic mass is 16.5. The van der Waals surface area contributed by atoms with Gasteiger partial charge in [-0.1, -0.05) is 12.1 Å². The molecule has 0 amide bonds. The highest BCUT2D eigenvalue weighted by molar-refractivity contribution is 5.89. The number of esters is 1. The lowest BCUT2D eigenvalue weighted by Crippen LogP contribution is -2.05. The van der Waals surface area contributed by atoms with Crippen molar-refractivity contribution < 1.29 is 9.53 Å². The summed E-state index contributed by atoms with van der Waals surface area (Å²) in [5.74, 6) is -0.419. The lowest BCUT2D eigenvalue weighted by Gasteiger charge is -2.06. The molecular weight excluding hydrogens is 294 g/mol. The Bertz CT molecular complexity index is 834. The number of rotatable bonds is 4. The summed E-state index contributed by atoms with van der Waals surface area (Å²) in [5, 5.41) is 19.6. The Morgan fingerprint density at radius 1 is 1.13 bits per heavy atom. The number of carbonyl (C=O) groups excluding carboxylic acids is 1. The van der Waals surface area contributed by atoms with E-state index in [9.17, 15) is 4.79 Å². The lowest BCUT2D eigenvalue weighted by molar-refractivity contribution is 0.0472. The van der Waals surface area contributed by atoms with Crippen LogP contribution in [0.25, 0.3) is 5.69 Å². The van der Waals surface area contributed by atoms with Gasteiger partial charge in [-0.2, -0.15) is 5.26 Å². The quantitative estimate of drug-likeness (QED) is 0.683. The van der Waals surface area contributed by atoms with E-state index in [2.05, 4.69) is 15.5 Å². The fourth-order valence-electron chi connectivity index (χ4n) is 1.94. The molecule has 0 aliphatic rings. The van der Waals surface area contributed by atoms with Gasteiger partial charge in [-0.05, 0) is 52.4 Å². The maximum Gasteiger partial charge on any atom is 0.338 e. The highest BCUT2D eigenvalue weighted by Crippen LogP contribution is 2.11. The largest absolute Gasteiger partial charge is 0.457 e. The predicted molar refractivity (Wildman–Crippen MR) is 79.4 cm³/mol. The van der Waals surface area contributed by atoms with Gasteiger partial charge in [0.05, 0.1) is 22.9 Å². The van der Waals surface area contributed by atoms with Crippen molar-refractivity contribution in [3.63, 3.8) is 0 Å². The summed E-state index contributed by atoms with van der Waals surface area (Å²) >= 11 is 0. The molecule has 0 N–H and O–H groups in total. The number of aromatic nitrogens is 4. The average Bonchev–Trinajstić information content (AvgIpc) is 3.15. The standard InChI is InChI=1S/C16H11N5O2/c17-9-12-1-3-13(4-2-12)10-23-16(22)14-5-7-15(8-6-14)21-11-18-19-20-21/h1-8,11H,10H2. The summed E-state index contributed by atoms with van der Waals surface area (Å²) in [6.07, 6.45) is 1.47. The van der Waals surface area contributed by atoms with Crippen LogP contribution >= 0.6 is 0 Å². The Morgan fingerprint density at radius 2 is 1.87 bits per heavy atom. The average molecular weight is 305 g/mol. The monoisotopic (exact) mass is 305 g/mol. The Morgan fingerprint density at radius 3 is 2.48 bits per heavy atom. The van der Waals surface area contributed by atoms with Crippen LogP contribution in [0.5, 0.6) is 0 Å². The molecular formula is C16H11N5O2. The molecule has 0 fully saturated rings. The van der Waals surface area contributed by atoms with Gasteiger partial charge in [0.2, 0.25) is 0 Å². The highest BCUT2D eigenvalue weighted by Gasteiger charge is 2.08. The third-order valence-electron chi connectivity index (χ3n) is 3.17. The zero-order valence-electron chi connectivity index (χ0n) is 12.0. The van der Waals surface area contributed by atoms with E-state index in [1.807, 2.05) is 6.07 Å². The number of carbonyl (C=O) groups is 1. The molecule has 3 rings (SSSR count). The smallest absolute Gasteiger partial charge is 0.338 e. The summed E-state index contributed by atoms with van der Waals surface area (Å²) in [4.78, 5) is 12.0. The Hall–Kier alpha value is -3.53. The number of nitriles is 1. The van der Waals surface area contributed by atoms with Crippen LogP contribution < -0.4 is 0 Å². The van der Waals surface area contributed by atoms with Crippen LogP contribution in [-0.4, -0.2) is 26.2 Å². The van der Waals surface area contributed by atoms with Gasteiger partial charge in [0.15, 0.2) is 0 Å². The molecule has 0 unspecified atom stereocenters. The lowest BCUT2D eigenvalue weighted by atomic mass is 10.1. The predicted octanol–water partition coefficient (Wildman–Crippen LogP) is 1.89. The van der Waals surface area contributed by atoms with Crippen LogP contribution in [0.1, 0.15) is 21.5 Å². The van der Waals surface area contributed by atoms with Gasteiger partial charge in [0.1, 0.15) is 12.9 Å². The number of benzene rings is 2. The van der Waals surface area contributed by atoms with Crippen molar-refractivity contribution in [2.45, 2.75) is 6.61 Å². The van der Waals surface area contributed by atoms with E-state index in [-0.39, 0.29) is 6.61 Å². The van der Waals surface area contributed by atoms with Crippen LogP contribution in [0.2, 0.25) is 0 Å². The molecule has 0 spiro atoms. The summed E-state index contributed by atoms with van der Waals surface area (Å²) < 4.78 is 6.74. The van der Waals surface area contributed by atoms with Gasteiger partial charge in [-0.25, -0.2) is 9.48 Å². The first-order valence-electron chi connectivity index (χ1n) is 6.76. The van der Waals surface area contributed by atoms with Crippen molar-refractivity contribution in [1.29, 1.82) is 5.26 Å². The van der Waals surface area contributed by atoms with Gasteiger partial charge in [0.25, 0.3) is 0 Å². The third-order valence-corrected chi connectivity index (χ3v) is 3.17. The first-order chi connectivity index (χ1) is 11.3. The number of hydrogen-bond donors (Lipinski definition) is 0. The summed E-state index contributed by atoms with van der Waals surface area (Å²) in [5.41, 5.74) is 2.58. The fourth-order valence-corrected chi connectivity index (χ4v) is 1.94. The number of ether oxygens (including phenoxy) is 1. The molecule has 0 atom stereocenters. The van der Waals surface area contributed by atoms with Crippen LogP contribution in [0.3, 0.4) is 0 Å². The first kappa shape index (κ1) is 14.4. The van der Waals surface area contributed by atoms with Gasteiger partial charge in [0, 0.05) is 0 Å². The number of nitrogens with zero attached hydrogens (tertiary/aromatic N) is 5. The molecule has 1 heterocycles. The minimum absolute atomic E-state index is 0.152. The normalized spacial score (nSPS) is 10.0. The van der Waals surface area contributed by atoms with Crippen LogP contribution in [-0.2, 0) is 11.3 Å². The molecule has 0 saturated carbocycles. The molecule has 7 heteroatoms. The number of hydrogen-bond acceptors (Lipinski definition) is 6. The van der Waals surface area contributed by atoms with Gasteiger partial charge in [-0.3, -0.25) is 0 Å². The summed E-state index contributed by atoms with van der Waals surface area (Å²) in [6.45, 7) is 0.152. The van der Waals surface area contributed by atoms with Crippen LogP contribution in [0.15, 0.2) is 54.9 Å². The second kappa shape index (κ2) is 6.49. The minimum Gasteiger partial charge on any atom is -0.457 e. The van der Waals surface area contributed by atoms with Crippen molar-refractivity contribution in [2.24, 2.45) is 0 Å². The Labute approximate surface area is 131 Å². The zero-order chi connectivity index (χ0) is 16.1. The van der Waals surface area contributed by atoms with E-state index in [4.69, 9.17) is 10.00 Å². The molecule has 1 aromatic heterocycles. The zero-order valence-corrected chi connectivity index (χ0v) is 12.0. The van der Waals surface area contributed by atoms with Crippen molar-refractivity contribution in [1.82, 2.24) is 20.2 Å². The van der Waals surface area contributed by atoms with E-state index in [1.165, 1.54) is 11.0 Å². The van der Waals surface area contributed by atoms with E-state index >= 15 is 0 Å². The van der Waals surface area contributed by atoms with Gasteiger partial charge in [-0.15, -0.1) is 5.10 Å². The maximum atomic E-state index is 12.0. The molecule has 0 aliphatic heterocycles. The van der Waals surface area contributed by atoms with Crippen molar-refractivity contribution in [3.8, 4) is 11.8 Å². The maximum absolute atomic E-state index is 12.0. The molecule has 0 saturated heterocycles. The Kier molecular flexibility index (Phi) is 4.07. The SMILES string of the molecule is N#Cc1ccc(COC(=O)c2ccc(-n3cnnn3)cc2)cc1. The van der Waals surface area contributed by atoms with Crippen LogP contribution in [0, 0.1) is 11.3 Å². The molecule has 2 aromatic carbocycles. The van der Waals surface area contributed by atoms with Crippen molar-refractivity contribution >= 4 is 5.97 Å². The minimum atomic E-state index is -0.419. The molecule has 0 aliphatic carbocycles. The molecule has 7 nitrogen and oxygen atoms in total. The Balaban J connectivity index is 1.62.